The molecule has 0 radical (unpaired) electrons. The van der Waals surface area contributed by atoms with Crippen LogP contribution in [0.1, 0.15) is 13.8 Å². The number of ether oxygens (including phenoxy) is 1. The molecule has 0 aromatic rings. The van der Waals surface area contributed by atoms with E-state index >= 15 is 0 Å². The minimum atomic E-state index is -4.97. The fourth-order valence-corrected chi connectivity index (χ4v) is 0.626. The normalized spacial score (nSPS) is 13.8. The van der Waals surface area contributed by atoms with Gasteiger partial charge in [0, 0.05) is 6.61 Å². The first-order chi connectivity index (χ1) is 6.38. The fourth-order valence-electron chi connectivity index (χ4n) is 0.626. The second-order valence-corrected chi connectivity index (χ2v) is 2.50. The molecule has 14 heavy (non-hydrogen) atoms. The van der Waals surface area contributed by atoms with Crippen molar-refractivity contribution >= 4 is 5.97 Å². The molecule has 1 unspecified atom stereocenters. The maximum atomic E-state index is 11.6. The number of rotatable bonds is 5. The Labute approximate surface area is 79.3 Å². The van der Waals surface area contributed by atoms with Crippen molar-refractivity contribution in [2.45, 2.75) is 26.1 Å². The summed E-state index contributed by atoms with van der Waals surface area (Å²) in [6.07, 6.45) is -5.29. The van der Waals surface area contributed by atoms with E-state index in [1.807, 2.05) is 5.48 Å². The van der Waals surface area contributed by atoms with Crippen molar-refractivity contribution in [2.24, 2.45) is 0 Å². The molecule has 0 saturated heterocycles. The Morgan fingerprint density at radius 1 is 1.50 bits per heavy atom. The van der Waals surface area contributed by atoms with Gasteiger partial charge in [-0.25, -0.2) is 4.79 Å². The number of carbonyl (C=O) groups excluding carboxylic acids is 1. The van der Waals surface area contributed by atoms with E-state index in [0.29, 0.717) is 6.61 Å². The number of nitrogens with one attached hydrogen (secondary N) is 1. The van der Waals surface area contributed by atoms with Crippen LogP contribution in [0.5, 0.6) is 0 Å². The van der Waals surface area contributed by atoms with Crippen molar-refractivity contribution in [3.05, 3.63) is 0 Å². The van der Waals surface area contributed by atoms with Gasteiger partial charge in [-0.3, -0.25) is 0 Å². The molecule has 0 rings (SSSR count). The molecule has 0 saturated carbocycles. The zero-order valence-corrected chi connectivity index (χ0v) is 7.85. The number of hydrogen-bond acceptors (Lipinski definition) is 4. The van der Waals surface area contributed by atoms with Gasteiger partial charge in [0.2, 0.25) is 0 Å². The van der Waals surface area contributed by atoms with Gasteiger partial charge in [0.1, 0.15) is 0 Å². The molecule has 0 aromatic carbocycles. The molecule has 1 N–H and O–H groups in total. The second kappa shape index (κ2) is 5.82. The van der Waals surface area contributed by atoms with E-state index < -0.39 is 12.1 Å². The summed E-state index contributed by atoms with van der Waals surface area (Å²) in [5.41, 5.74) is 1.88. The van der Waals surface area contributed by atoms with E-state index in [-0.39, 0.29) is 12.6 Å². The summed E-state index contributed by atoms with van der Waals surface area (Å²) in [6.45, 7) is 3.84. The third-order valence-corrected chi connectivity index (χ3v) is 1.22. The Balaban J connectivity index is 3.59. The van der Waals surface area contributed by atoms with Gasteiger partial charge in [-0.05, 0) is 13.8 Å². The first kappa shape index (κ1) is 13.2. The highest BCUT2D eigenvalue weighted by molar-refractivity contribution is 5.75. The van der Waals surface area contributed by atoms with E-state index in [1.54, 1.807) is 13.8 Å². The lowest BCUT2D eigenvalue weighted by Crippen LogP contribution is -2.35. The minimum absolute atomic E-state index is 0.00958. The number of alkyl halides is 3. The average molecular weight is 215 g/mol. The second-order valence-electron chi connectivity index (χ2n) is 2.50. The molecule has 0 aliphatic carbocycles. The standard InChI is InChI=1S/C7H12F3NO3/c1-3-13-5(2)4-11-14-6(12)7(8,9)10/h5,11H,3-4H2,1-2H3. The van der Waals surface area contributed by atoms with Gasteiger partial charge in [-0.2, -0.15) is 18.7 Å². The van der Waals surface area contributed by atoms with Crippen LogP contribution < -0.4 is 5.48 Å². The van der Waals surface area contributed by atoms with E-state index in [1.165, 1.54) is 0 Å². The molecule has 84 valence electrons. The van der Waals surface area contributed by atoms with Gasteiger partial charge in [0.25, 0.3) is 0 Å². The lowest BCUT2D eigenvalue weighted by Gasteiger charge is -2.12. The van der Waals surface area contributed by atoms with E-state index in [2.05, 4.69) is 4.84 Å². The molecular formula is C7H12F3NO3. The maximum absolute atomic E-state index is 11.6. The van der Waals surface area contributed by atoms with Gasteiger partial charge < -0.3 is 9.57 Å². The monoisotopic (exact) mass is 215 g/mol. The molecule has 0 aliphatic rings. The number of hydrogen-bond donors (Lipinski definition) is 1. The molecule has 0 fully saturated rings. The molecule has 7 heteroatoms. The molecule has 0 aliphatic heterocycles. The minimum Gasteiger partial charge on any atom is -0.377 e. The molecule has 1 atom stereocenters. The van der Waals surface area contributed by atoms with Crippen LogP contribution in [0, 0.1) is 0 Å². The fraction of sp³-hybridized carbons (Fsp3) is 0.857. The van der Waals surface area contributed by atoms with Gasteiger partial charge in [0.15, 0.2) is 0 Å². The lowest BCUT2D eigenvalue weighted by atomic mass is 10.4. The molecule has 0 spiro atoms. The summed E-state index contributed by atoms with van der Waals surface area (Å²) >= 11 is 0. The number of halogens is 3. The van der Waals surface area contributed by atoms with Crippen LogP contribution in [0.15, 0.2) is 0 Å². The van der Waals surface area contributed by atoms with Crippen molar-refractivity contribution in [1.82, 2.24) is 5.48 Å². The summed E-state index contributed by atoms with van der Waals surface area (Å²) in [7, 11) is 0. The molecular weight excluding hydrogens is 203 g/mol. The summed E-state index contributed by atoms with van der Waals surface area (Å²) in [5.74, 6) is -2.26. The van der Waals surface area contributed by atoms with Crippen LogP contribution in [-0.2, 0) is 14.4 Å². The third-order valence-electron chi connectivity index (χ3n) is 1.22. The van der Waals surface area contributed by atoms with Crippen LogP contribution in [0.4, 0.5) is 13.2 Å². The zero-order chi connectivity index (χ0) is 11.2. The Kier molecular flexibility index (Phi) is 5.47. The SMILES string of the molecule is CCOC(C)CNOC(=O)C(F)(F)F. The van der Waals surface area contributed by atoms with Gasteiger partial charge in [-0.1, -0.05) is 0 Å². The van der Waals surface area contributed by atoms with Crippen molar-refractivity contribution in [2.75, 3.05) is 13.2 Å². The topological polar surface area (TPSA) is 47.6 Å². The summed E-state index contributed by atoms with van der Waals surface area (Å²) < 4.78 is 39.7. The van der Waals surface area contributed by atoms with Crippen molar-refractivity contribution in [3.8, 4) is 0 Å². The van der Waals surface area contributed by atoms with Crippen LogP contribution >= 0.6 is 0 Å². The van der Waals surface area contributed by atoms with Crippen molar-refractivity contribution < 1.29 is 27.5 Å². The van der Waals surface area contributed by atoms with E-state index in [9.17, 15) is 18.0 Å². The third kappa shape index (κ3) is 5.76. The smallest absolute Gasteiger partial charge is 0.377 e. The molecule has 0 heterocycles. The highest BCUT2D eigenvalue weighted by Gasteiger charge is 2.41. The molecule has 0 bridgehead atoms. The summed E-state index contributed by atoms with van der Waals surface area (Å²) in [6, 6.07) is 0. The largest absolute Gasteiger partial charge is 0.492 e. The average Bonchev–Trinajstić information content (AvgIpc) is 2.02. The Morgan fingerprint density at radius 3 is 2.50 bits per heavy atom. The van der Waals surface area contributed by atoms with Gasteiger partial charge in [-0.15, -0.1) is 0 Å². The molecule has 4 nitrogen and oxygen atoms in total. The number of hydroxylamine groups is 1. The Hall–Kier alpha value is -0.820. The zero-order valence-electron chi connectivity index (χ0n) is 7.85. The van der Waals surface area contributed by atoms with Crippen LogP contribution in [-0.4, -0.2) is 31.4 Å². The first-order valence-electron chi connectivity index (χ1n) is 4.00. The highest BCUT2D eigenvalue weighted by Crippen LogP contribution is 2.15. The number of carbonyl (C=O) groups is 1. The van der Waals surface area contributed by atoms with Crippen molar-refractivity contribution in [1.29, 1.82) is 0 Å². The summed E-state index contributed by atoms with van der Waals surface area (Å²) in [4.78, 5) is 13.9. The van der Waals surface area contributed by atoms with Crippen LogP contribution in [0.3, 0.4) is 0 Å². The first-order valence-corrected chi connectivity index (χ1v) is 4.00. The van der Waals surface area contributed by atoms with E-state index in [4.69, 9.17) is 4.74 Å². The molecule has 0 aromatic heterocycles. The van der Waals surface area contributed by atoms with Gasteiger partial charge >= 0.3 is 12.1 Å². The van der Waals surface area contributed by atoms with Crippen molar-refractivity contribution in [3.63, 3.8) is 0 Å². The predicted molar refractivity (Wildman–Crippen MR) is 41.2 cm³/mol. The van der Waals surface area contributed by atoms with Crippen LogP contribution in [0.2, 0.25) is 0 Å². The highest BCUT2D eigenvalue weighted by atomic mass is 19.4. The summed E-state index contributed by atoms with van der Waals surface area (Å²) in [5, 5.41) is 0. The predicted octanol–water partition coefficient (Wildman–Crippen LogP) is 1.02. The van der Waals surface area contributed by atoms with E-state index in [0.717, 1.165) is 0 Å². The Bertz CT molecular complexity index is 184. The maximum Gasteiger partial charge on any atom is 0.492 e. The van der Waals surface area contributed by atoms with Crippen LogP contribution in [0.25, 0.3) is 0 Å². The Morgan fingerprint density at radius 2 is 2.07 bits per heavy atom. The molecule has 0 amide bonds. The van der Waals surface area contributed by atoms with Gasteiger partial charge in [0.05, 0.1) is 12.6 Å². The quantitative estimate of drug-likeness (QED) is 0.695. The lowest BCUT2D eigenvalue weighted by molar-refractivity contribution is -0.207.